The molecule has 0 spiro atoms. The quantitative estimate of drug-likeness (QED) is 0.525. The fourth-order valence-electron chi connectivity index (χ4n) is 5.02. The Morgan fingerprint density at radius 2 is 1.85 bits per heavy atom. The van der Waals surface area contributed by atoms with E-state index >= 15 is 4.39 Å². The smallest absolute Gasteiger partial charge is 0.200 e. The fraction of sp³-hybridized carbons (Fsp3) is 0.714. The number of halogens is 5. The number of alkyl halides is 3. The number of ether oxygens (including phenoxy) is 1. The Balaban J connectivity index is 1.85. The first kappa shape index (κ1) is 20.4. The Kier molecular flexibility index (Phi) is 6.02. The second kappa shape index (κ2) is 7.96. The Bertz CT molecular complexity index is 666. The molecule has 152 valence electrons. The molecule has 3 rings (SSSR count). The van der Waals surface area contributed by atoms with Crippen LogP contribution in [0.2, 0.25) is 0 Å². The van der Waals surface area contributed by atoms with Gasteiger partial charge in [0, 0.05) is 12.3 Å². The molecule has 2 aliphatic rings. The maximum atomic E-state index is 15.5. The molecular formula is C21H27F5O. The number of hydrogen-bond acceptors (Lipinski definition) is 1. The molecule has 0 N–H and O–H groups in total. The van der Waals surface area contributed by atoms with Crippen molar-refractivity contribution in [3.8, 4) is 5.75 Å². The van der Waals surface area contributed by atoms with Crippen molar-refractivity contribution in [2.75, 3.05) is 6.61 Å². The predicted molar refractivity (Wildman–Crippen MR) is 94.3 cm³/mol. The molecule has 2 fully saturated rings. The van der Waals surface area contributed by atoms with E-state index in [1.165, 1.54) is 12.1 Å². The van der Waals surface area contributed by atoms with Crippen molar-refractivity contribution in [2.45, 2.75) is 76.3 Å². The van der Waals surface area contributed by atoms with Crippen LogP contribution in [0.4, 0.5) is 22.0 Å². The lowest BCUT2D eigenvalue weighted by molar-refractivity contribution is 0.00248. The lowest BCUT2D eigenvalue weighted by Gasteiger charge is -2.29. The molecule has 6 atom stereocenters. The van der Waals surface area contributed by atoms with Crippen LogP contribution in [0.3, 0.4) is 0 Å². The molecule has 0 heterocycles. The van der Waals surface area contributed by atoms with Crippen LogP contribution in [-0.4, -0.2) is 24.6 Å². The van der Waals surface area contributed by atoms with Crippen LogP contribution < -0.4 is 4.74 Å². The van der Waals surface area contributed by atoms with Crippen molar-refractivity contribution in [1.82, 2.24) is 0 Å². The topological polar surface area (TPSA) is 9.23 Å². The van der Waals surface area contributed by atoms with Crippen molar-refractivity contribution in [2.24, 2.45) is 11.8 Å². The zero-order valence-electron chi connectivity index (χ0n) is 15.8. The molecule has 2 saturated carbocycles. The van der Waals surface area contributed by atoms with Gasteiger partial charge in [0.05, 0.1) is 6.61 Å². The van der Waals surface area contributed by atoms with Gasteiger partial charge in [-0.3, -0.25) is 0 Å². The van der Waals surface area contributed by atoms with Crippen molar-refractivity contribution in [1.29, 1.82) is 0 Å². The highest BCUT2D eigenvalue weighted by atomic mass is 19.2. The predicted octanol–water partition coefficient (Wildman–Crippen LogP) is 6.45. The Hall–Kier alpha value is -1.33. The summed E-state index contributed by atoms with van der Waals surface area (Å²) in [7, 11) is 0. The van der Waals surface area contributed by atoms with Crippen molar-refractivity contribution >= 4 is 0 Å². The van der Waals surface area contributed by atoms with Gasteiger partial charge in [-0.05, 0) is 56.1 Å². The highest BCUT2D eigenvalue weighted by molar-refractivity contribution is 5.34. The van der Waals surface area contributed by atoms with Crippen LogP contribution in [-0.2, 0) is 0 Å². The van der Waals surface area contributed by atoms with E-state index in [1.807, 2.05) is 6.92 Å². The number of hydrogen-bond donors (Lipinski definition) is 0. The maximum Gasteiger partial charge on any atom is 0.200 e. The number of rotatable bonds is 5. The number of benzene rings is 1. The summed E-state index contributed by atoms with van der Waals surface area (Å²) in [5.74, 6) is -4.48. The largest absolute Gasteiger partial charge is 0.491 e. The molecule has 0 amide bonds. The Morgan fingerprint density at radius 1 is 1.11 bits per heavy atom. The van der Waals surface area contributed by atoms with Gasteiger partial charge in [0.15, 0.2) is 11.6 Å². The molecule has 1 nitrogen and oxygen atoms in total. The zero-order chi connectivity index (χ0) is 19.8. The molecule has 0 aromatic heterocycles. The first-order chi connectivity index (χ1) is 12.8. The minimum Gasteiger partial charge on any atom is -0.491 e. The summed E-state index contributed by atoms with van der Waals surface area (Å²) in [5, 5.41) is 0. The molecule has 0 saturated heterocycles. The van der Waals surface area contributed by atoms with Crippen LogP contribution in [0.25, 0.3) is 0 Å². The van der Waals surface area contributed by atoms with Crippen molar-refractivity contribution in [3.05, 3.63) is 29.3 Å². The van der Waals surface area contributed by atoms with Gasteiger partial charge in [-0.1, -0.05) is 19.4 Å². The summed E-state index contributed by atoms with van der Waals surface area (Å²) in [4.78, 5) is 0. The molecule has 1 aromatic carbocycles. The third kappa shape index (κ3) is 3.56. The van der Waals surface area contributed by atoms with E-state index in [0.717, 1.165) is 6.42 Å². The average Bonchev–Trinajstić information content (AvgIpc) is 2.77. The van der Waals surface area contributed by atoms with Gasteiger partial charge in [-0.25, -0.2) is 17.6 Å². The molecule has 6 unspecified atom stereocenters. The zero-order valence-corrected chi connectivity index (χ0v) is 15.8. The lowest BCUT2D eigenvalue weighted by Crippen LogP contribution is -2.39. The van der Waals surface area contributed by atoms with Crippen LogP contribution in [0.15, 0.2) is 12.1 Å². The summed E-state index contributed by atoms with van der Waals surface area (Å²) in [6.07, 6.45) is -1.87. The first-order valence-corrected chi connectivity index (χ1v) is 9.91. The van der Waals surface area contributed by atoms with Gasteiger partial charge in [-0.2, -0.15) is 4.39 Å². The molecule has 27 heavy (non-hydrogen) atoms. The van der Waals surface area contributed by atoms with Crippen LogP contribution in [0, 0.1) is 23.5 Å². The normalized spacial score (nSPS) is 36.3. The summed E-state index contributed by atoms with van der Waals surface area (Å²) >= 11 is 0. The molecule has 0 bridgehead atoms. The monoisotopic (exact) mass is 390 g/mol. The van der Waals surface area contributed by atoms with Crippen molar-refractivity contribution < 1.29 is 26.7 Å². The molecule has 0 aliphatic heterocycles. The van der Waals surface area contributed by atoms with Gasteiger partial charge in [0.25, 0.3) is 0 Å². The third-order valence-corrected chi connectivity index (χ3v) is 6.34. The van der Waals surface area contributed by atoms with E-state index in [9.17, 15) is 17.6 Å². The minimum absolute atomic E-state index is 0.118. The summed E-state index contributed by atoms with van der Waals surface area (Å²) in [5.41, 5.74) is -2.33. The molecule has 1 aromatic rings. The lowest BCUT2D eigenvalue weighted by atomic mass is 9.85. The van der Waals surface area contributed by atoms with E-state index in [4.69, 9.17) is 4.74 Å². The molecule has 0 radical (unpaired) electrons. The summed E-state index contributed by atoms with van der Waals surface area (Å²) in [6, 6.07) is 2.58. The van der Waals surface area contributed by atoms with Crippen LogP contribution in [0.1, 0.15) is 63.9 Å². The second-order valence-electron chi connectivity index (χ2n) is 7.93. The van der Waals surface area contributed by atoms with E-state index in [1.54, 1.807) is 6.92 Å². The third-order valence-electron chi connectivity index (χ3n) is 6.34. The summed E-state index contributed by atoms with van der Waals surface area (Å²) in [6.45, 7) is 3.74. The van der Waals surface area contributed by atoms with E-state index in [0.29, 0.717) is 12.8 Å². The fourth-order valence-corrected chi connectivity index (χ4v) is 5.02. The van der Waals surface area contributed by atoms with E-state index in [-0.39, 0.29) is 36.7 Å². The molecule has 2 aliphatic carbocycles. The van der Waals surface area contributed by atoms with Gasteiger partial charge in [0.1, 0.15) is 18.0 Å². The Labute approximate surface area is 157 Å². The van der Waals surface area contributed by atoms with E-state index < -0.39 is 47.9 Å². The molecular weight excluding hydrogens is 363 g/mol. The number of fused-ring (bicyclic) bond motifs is 1. The van der Waals surface area contributed by atoms with Gasteiger partial charge >= 0.3 is 0 Å². The standard InChI is InChI=1S/C21H27F5O/c1-3-5-12-10-13-6-7-14(16(22)11-21(13,26)20(12)25)15-8-9-17(27-4-2)19(24)18(15)23/h8-9,12-14,16,20H,3-7,10-11H2,1-2H3. The maximum absolute atomic E-state index is 15.5. The molecule has 6 heteroatoms. The van der Waals surface area contributed by atoms with Crippen molar-refractivity contribution in [3.63, 3.8) is 0 Å². The highest BCUT2D eigenvalue weighted by Gasteiger charge is 2.58. The van der Waals surface area contributed by atoms with Gasteiger partial charge in [-0.15, -0.1) is 0 Å². The van der Waals surface area contributed by atoms with Crippen LogP contribution >= 0.6 is 0 Å². The van der Waals surface area contributed by atoms with Crippen LogP contribution in [0.5, 0.6) is 5.75 Å². The van der Waals surface area contributed by atoms with Gasteiger partial charge in [0.2, 0.25) is 5.82 Å². The summed E-state index contributed by atoms with van der Waals surface area (Å²) < 4.78 is 78.9. The minimum atomic E-state index is -2.21. The second-order valence-corrected chi connectivity index (χ2v) is 7.93. The first-order valence-electron chi connectivity index (χ1n) is 9.91. The average molecular weight is 390 g/mol. The van der Waals surface area contributed by atoms with E-state index in [2.05, 4.69) is 0 Å². The highest BCUT2D eigenvalue weighted by Crippen LogP contribution is 2.55. The van der Waals surface area contributed by atoms with Gasteiger partial charge < -0.3 is 4.74 Å². The Morgan fingerprint density at radius 3 is 2.52 bits per heavy atom. The SMILES string of the molecule is CCCC1CC2CCC(c3ccc(OCC)c(F)c3F)C(F)CC2(F)C1F.